The Morgan fingerprint density at radius 3 is 2.62 bits per heavy atom. The number of hydrogen-bond acceptors (Lipinski definition) is 3. The first-order valence-corrected chi connectivity index (χ1v) is 9.10. The molecule has 1 aliphatic rings. The zero-order valence-electron chi connectivity index (χ0n) is 14.0. The fourth-order valence-corrected chi connectivity index (χ4v) is 4.29. The van der Waals surface area contributed by atoms with E-state index in [-0.39, 0.29) is 5.91 Å². The molecule has 0 aliphatic carbocycles. The Hall–Kier alpha value is -2.18. The van der Waals surface area contributed by atoms with Gasteiger partial charge in [0, 0.05) is 5.39 Å². The Bertz CT molecular complexity index is 875. The number of carbonyl (C=O) groups excluding carboxylic acids is 1. The molecule has 0 bridgehead atoms. The lowest BCUT2D eigenvalue weighted by Crippen LogP contribution is -3.12. The second kappa shape index (κ2) is 6.03. The molecule has 1 fully saturated rings. The van der Waals surface area contributed by atoms with Crippen molar-refractivity contribution in [2.45, 2.75) is 6.92 Å². The number of carbonyl (C=O) groups is 1. The Morgan fingerprint density at radius 2 is 1.92 bits per heavy atom. The summed E-state index contributed by atoms with van der Waals surface area (Å²) in [7, 11) is 2.18. The second-order valence-corrected chi connectivity index (χ2v) is 7.44. The van der Waals surface area contributed by atoms with Crippen molar-refractivity contribution < 1.29 is 9.69 Å². The molecule has 1 saturated heterocycles. The van der Waals surface area contributed by atoms with Crippen LogP contribution in [-0.4, -0.2) is 53.8 Å². The molecule has 2 aromatic heterocycles. The minimum absolute atomic E-state index is 0.155. The van der Waals surface area contributed by atoms with Gasteiger partial charge < -0.3 is 9.80 Å². The first-order chi connectivity index (χ1) is 11.6. The summed E-state index contributed by atoms with van der Waals surface area (Å²) in [6.07, 6.45) is 0. The zero-order chi connectivity index (χ0) is 16.7. The third kappa shape index (κ3) is 2.61. The summed E-state index contributed by atoms with van der Waals surface area (Å²) in [5.41, 5.74) is 1.99. The lowest BCUT2D eigenvalue weighted by Gasteiger charge is -2.29. The molecule has 24 heavy (non-hydrogen) atoms. The van der Waals surface area contributed by atoms with Crippen molar-refractivity contribution in [1.29, 1.82) is 0 Å². The molecule has 5 nitrogen and oxygen atoms in total. The van der Waals surface area contributed by atoms with E-state index in [9.17, 15) is 4.79 Å². The van der Waals surface area contributed by atoms with E-state index in [2.05, 4.69) is 12.1 Å². The summed E-state index contributed by atoms with van der Waals surface area (Å²) in [5, 5.41) is 5.72. The van der Waals surface area contributed by atoms with E-state index >= 15 is 0 Å². The van der Waals surface area contributed by atoms with Crippen LogP contribution in [0.3, 0.4) is 0 Å². The molecular weight excluding hydrogens is 320 g/mol. The minimum atomic E-state index is 0.155. The van der Waals surface area contributed by atoms with E-state index in [0.717, 1.165) is 52.7 Å². The standard InChI is InChI=1S/C18H20N4OS/c1-13-15-12-16(17(23)21-10-8-20(2)9-11-21)24-18(15)22(19-13)14-6-4-3-5-7-14/h3-7,12H,8-11H2,1-2H3/p+1. The molecule has 1 N–H and O–H groups in total. The molecule has 0 spiro atoms. The molecule has 0 unspecified atom stereocenters. The highest BCUT2D eigenvalue weighted by molar-refractivity contribution is 7.20. The zero-order valence-corrected chi connectivity index (χ0v) is 14.8. The number of aromatic nitrogens is 2. The van der Waals surface area contributed by atoms with Crippen LogP contribution in [0, 0.1) is 6.92 Å². The van der Waals surface area contributed by atoms with Gasteiger partial charge in [0.15, 0.2) is 0 Å². The van der Waals surface area contributed by atoms with E-state index in [1.54, 1.807) is 11.3 Å². The Kier molecular flexibility index (Phi) is 3.86. The molecule has 124 valence electrons. The van der Waals surface area contributed by atoms with Crippen molar-refractivity contribution in [3.05, 3.63) is 47.0 Å². The molecule has 3 aromatic rings. The van der Waals surface area contributed by atoms with Gasteiger partial charge in [0.05, 0.1) is 49.5 Å². The summed E-state index contributed by atoms with van der Waals surface area (Å²) in [4.78, 5) is 18.2. The maximum Gasteiger partial charge on any atom is 0.264 e. The summed E-state index contributed by atoms with van der Waals surface area (Å²) in [5.74, 6) is 0.155. The summed E-state index contributed by atoms with van der Waals surface area (Å²) < 4.78 is 1.94. The quantitative estimate of drug-likeness (QED) is 0.765. The van der Waals surface area contributed by atoms with Crippen molar-refractivity contribution in [3.8, 4) is 5.69 Å². The molecule has 0 atom stereocenters. The van der Waals surface area contributed by atoms with Crippen LogP contribution in [0.2, 0.25) is 0 Å². The highest BCUT2D eigenvalue weighted by Crippen LogP contribution is 2.31. The molecular formula is C18H21N4OS+. The fourth-order valence-electron chi connectivity index (χ4n) is 3.14. The molecule has 0 radical (unpaired) electrons. The first-order valence-electron chi connectivity index (χ1n) is 8.28. The van der Waals surface area contributed by atoms with Gasteiger partial charge in [0.2, 0.25) is 0 Å². The van der Waals surface area contributed by atoms with Gasteiger partial charge in [-0.3, -0.25) is 4.79 Å². The monoisotopic (exact) mass is 341 g/mol. The third-order valence-corrected chi connectivity index (χ3v) is 5.76. The molecule has 6 heteroatoms. The number of para-hydroxylation sites is 1. The summed E-state index contributed by atoms with van der Waals surface area (Å²) >= 11 is 1.54. The van der Waals surface area contributed by atoms with Gasteiger partial charge in [-0.2, -0.15) is 5.10 Å². The van der Waals surface area contributed by atoms with E-state index in [0.29, 0.717) is 0 Å². The molecule has 4 rings (SSSR count). The van der Waals surface area contributed by atoms with Crippen LogP contribution in [0.25, 0.3) is 15.9 Å². The minimum Gasteiger partial charge on any atom is -0.334 e. The number of benzene rings is 1. The van der Waals surface area contributed by atoms with Gasteiger partial charge in [-0.25, -0.2) is 4.68 Å². The molecule has 1 amide bonds. The first kappa shape index (κ1) is 15.4. The fraction of sp³-hybridized carbons (Fsp3) is 0.333. The number of fused-ring (bicyclic) bond motifs is 1. The number of piperazine rings is 1. The molecule has 1 aromatic carbocycles. The van der Waals surface area contributed by atoms with Gasteiger partial charge in [-0.1, -0.05) is 18.2 Å². The van der Waals surface area contributed by atoms with Crippen molar-refractivity contribution in [1.82, 2.24) is 14.7 Å². The van der Waals surface area contributed by atoms with Crippen LogP contribution >= 0.6 is 11.3 Å². The van der Waals surface area contributed by atoms with Gasteiger partial charge in [-0.05, 0) is 25.1 Å². The van der Waals surface area contributed by atoms with Crippen LogP contribution in [0.1, 0.15) is 15.4 Å². The van der Waals surface area contributed by atoms with Crippen LogP contribution < -0.4 is 4.90 Å². The predicted octanol–water partition coefficient (Wildman–Crippen LogP) is 1.37. The van der Waals surface area contributed by atoms with Gasteiger partial charge >= 0.3 is 0 Å². The smallest absolute Gasteiger partial charge is 0.264 e. The van der Waals surface area contributed by atoms with E-state index in [1.807, 2.05) is 52.9 Å². The Labute approximate surface area is 145 Å². The summed E-state index contributed by atoms with van der Waals surface area (Å²) in [6, 6.07) is 12.1. The topological polar surface area (TPSA) is 42.6 Å². The van der Waals surface area contributed by atoms with E-state index in [4.69, 9.17) is 0 Å². The lowest BCUT2D eigenvalue weighted by atomic mass is 10.2. The number of nitrogens with one attached hydrogen (secondary N) is 1. The van der Waals surface area contributed by atoms with Crippen molar-refractivity contribution in [2.75, 3.05) is 33.2 Å². The normalized spacial score (nSPS) is 16.0. The molecule has 0 saturated carbocycles. The highest BCUT2D eigenvalue weighted by Gasteiger charge is 2.25. The number of rotatable bonds is 2. The molecule has 1 aliphatic heterocycles. The van der Waals surface area contributed by atoms with Gasteiger partial charge in [-0.15, -0.1) is 11.3 Å². The third-order valence-electron chi connectivity index (χ3n) is 4.66. The number of hydrogen-bond donors (Lipinski definition) is 1. The van der Waals surface area contributed by atoms with Crippen molar-refractivity contribution in [3.63, 3.8) is 0 Å². The Morgan fingerprint density at radius 1 is 1.21 bits per heavy atom. The highest BCUT2D eigenvalue weighted by atomic mass is 32.1. The van der Waals surface area contributed by atoms with Crippen LogP contribution in [-0.2, 0) is 0 Å². The number of likely N-dealkylation sites (N-methyl/N-ethyl adjacent to an activating group) is 1. The van der Waals surface area contributed by atoms with Crippen molar-refractivity contribution in [2.24, 2.45) is 0 Å². The van der Waals surface area contributed by atoms with E-state index in [1.165, 1.54) is 4.90 Å². The number of amides is 1. The maximum absolute atomic E-state index is 12.8. The van der Waals surface area contributed by atoms with Crippen LogP contribution in [0.15, 0.2) is 36.4 Å². The predicted molar refractivity (Wildman–Crippen MR) is 96.2 cm³/mol. The lowest BCUT2D eigenvalue weighted by molar-refractivity contribution is -0.883. The molecule has 3 heterocycles. The maximum atomic E-state index is 12.8. The SMILES string of the molecule is Cc1nn(-c2ccccc2)c2sc(C(=O)N3CC[NH+](C)CC3)cc12. The average Bonchev–Trinajstić information content (AvgIpc) is 3.17. The number of nitrogens with zero attached hydrogens (tertiary/aromatic N) is 3. The van der Waals surface area contributed by atoms with Gasteiger partial charge in [0.25, 0.3) is 5.91 Å². The van der Waals surface area contributed by atoms with Crippen molar-refractivity contribution >= 4 is 27.5 Å². The van der Waals surface area contributed by atoms with E-state index < -0.39 is 0 Å². The summed E-state index contributed by atoms with van der Waals surface area (Å²) in [6.45, 7) is 5.72. The largest absolute Gasteiger partial charge is 0.334 e. The number of quaternary nitrogens is 1. The second-order valence-electron chi connectivity index (χ2n) is 6.41. The average molecular weight is 341 g/mol. The number of thiophene rings is 1. The van der Waals surface area contributed by atoms with Crippen LogP contribution in [0.4, 0.5) is 0 Å². The van der Waals surface area contributed by atoms with Crippen LogP contribution in [0.5, 0.6) is 0 Å². The Balaban J connectivity index is 1.70. The van der Waals surface area contributed by atoms with Gasteiger partial charge in [0.1, 0.15) is 4.83 Å². The number of aryl methyl sites for hydroxylation is 1.